The first kappa shape index (κ1) is 6.88. The highest BCUT2D eigenvalue weighted by Gasteiger charge is 2.01. The lowest BCUT2D eigenvalue weighted by Crippen LogP contribution is -2.00. The zero-order chi connectivity index (χ0) is 7.56. The number of ether oxygens (including phenoxy) is 1. The largest absolute Gasteiger partial charge is 0.512 e. The number of anilines is 1. The molecule has 0 aliphatic carbocycles. The second-order valence-corrected chi connectivity index (χ2v) is 2.44. The molecule has 4 nitrogen and oxygen atoms in total. The van der Waals surface area contributed by atoms with Crippen molar-refractivity contribution in [2.75, 3.05) is 5.73 Å². The average Bonchev–Trinajstić information content (AvgIpc) is 2.13. The Morgan fingerprint density at radius 1 is 1.80 bits per heavy atom. The Kier molecular flexibility index (Phi) is 1.77. The van der Waals surface area contributed by atoms with Crippen molar-refractivity contribution >= 4 is 23.2 Å². The molecule has 10 heavy (non-hydrogen) atoms. The number of nitrogen functional groups attached to an aromatic ring is 1. The van der Waals surface area contributed by atoms with Crippen LogP contribution in [0, 0.1) is 0 Å². The molecule has 0 spiro atoms. The van der Waals surface area contributed by atoms with Crippen LogP contribution in [-0.2, 0) is 0 Å². The van der Waals surface area contributed by atoms with Crippen molar-refractivity contribution in [3.05, 3.63) is 11.4 Å². The van der Waals surface area contributed by atoms with Gasteiger partial charge < -0.3 is 15.6 Å². The number of carbonyl (C=O) groups is 1. The highest BCUT2D eigenvalue weighted by molar-refractivity contribution is 7.12. The highest BCUT2D eigenvalue weighted by Crippen LogP contribution is 2.24. The molecule has 0 aliphatic rings. The normalized spacial score (nSPS) is 9.20. The maximum absolute atomic E-state index is 9.92. The zero-order valence-corrected chi connectivity index (χ0v) is 5.72. The summed E-state index contributed by atoms with van der Waals surface area (Å²) in [4.78, 5) is 9.92. The van der Waals surface area contributed by atoms with Crippen LogP contribution in [0.4, 0.5) is 10.5 Å². The Bertz CT molecular complexity index is 245. The van der Waals surface area contributed by atoms with Crippen molar-refractivity contribution in [2.45, 2.75) is 0 Å². The lowest BCUT2D eigenvalue weighted by atomic mass is 10.5. The number of carboxylic acid groups (broad SMARTS) is 1. The number of hydrogen-bond donors (Lipinski definition) is 2. The van der Waals surface area contributed by atoms with Crippen molar-refractivity contribution in [1.29, 1.82) is 0 Å². The SMILES string of the molecule is Nc1csc(OC(=O)O)c1. The molecule has 0 aliphatic heterocycles. The fraction of sp³-hybridized carbons (Fsp3) is 0. The third-order valence-corrected chi connectivity index (χ3v) is 1.61. The van der Waals surface area contributed by atoms with Gasteiger partial charge in [-0.05, 0) is 0 Å². The van der Waals surface area contributed by atoms with Crippen molar-refractivity contribution in [1.82, 2.24) is 0 Å². The maximum atomic E-state index is 9.92. The first-order chi connectivity index (χ1) is 4.68. The molecule has 0 amide bonds. The van der Waals surface area contributed by atoms with Crippen molar-refractivity contribution in [3.63, 3.8) is 0 Å². The molecule has 5 heteroatoms. The van der Waals surface area contributed by atoms with E-state index < -0.39 is 6.16 Å². The first-order valence-corrected chi connectivity index (χ1v) is 3.31. The molecule has 1 aromatic heterocycles. The van der Waals surface area contributed by atoms with Crippen molar-refractivity contribution in [3.8, 4) is 5.06 Å². The summed E-state index contributed by atoms with van der Waals surface area (Å²) < 4.78 is 4.29. The predicted octanol–water partition coefficient (Wildman–Crippen LogP) is 1.39. The summed E-state index contributed by atoms with van der Waals surface area (Å²) in [5.74, 6) is 0. The number of hydrogen-bond acceptors (Lipinski definition) is 4. The molecular weight excluding hydrogens is 154 g/mol. The molecule has 0 radical (unpaired) electrons. The van der Waals surface area contributed by atoms with Crippen LogP contribution in [0.5, 0.6) is 5.06 Å². The summed E-state index contributed by atoms with van der Waals surface area (Å²) in [5.41, 5.74) is 5.81. The maximum Gasteiger partial charge on any atom is 0.512 e. The van der Waals surface area contributed by atoms with E-state index in [2.05, 4.69) is 4.74 Å². The van der Waals surface area contributed by atoms with Crippen LogP contribution >= 0.6 is 11.3 Å². The molecule has 0 atom stereocenters. The Morgan fingerprint density at radius 2 is 2.50 bits per heavy atom. The lowest BCUT2D eigenvalue weighted by Gasteiger charge is -1.90. The molecule has 0 aromatic carbocycles. The van der Waals surface area contributed by atoms with E-state index in [9.17, 15) is 4.79 Å². The van der Waals surface area contributed by atoms with Crippen LogP contribution in [0.2, 0.25) is 0 Å². The standard InChI is InChI=1S/C5H5NO3S/c6-3-1-4(10-2-3)9-5(7)8/h1-2H,6H2,(H,7,8). The molecule has 1 rings (SSSR count). The second-order valence-electron chi connectivity index (χ2n) is 1.57. The van der Waals surface area contributed by atoms with Gasteiger partial charge in [0.25, 0.3) is 0 Å². The molecule has 54 valence electrons. The van der Waals surface area contributed by atoms with Crippen LogP contribution in [0.25, 0.3) is 0 Å². The Hall–Kier alpha value is -1.23. The minimum atomic E-state index is -1.32. The van der Waals surface area contributed by atoms with Gasteiger partial charge in [0, 0.05) is 17.1 Å². The van der Waals surface area contributed by atoms with E-state index in [1.807, 2.05) is 0 Å². The Balaban J connectivity index is 2.67. The van der Waals surface area contributed by atoms with Gasteiger partial charge >= 0.3 is 6.16 Å². The van der Waals surface area contributed by atoms with Gasteiger partial charge in [0.1, 0.15) is 0 Å². The fourth-order valence-electron chi connectivity index (χ4n) is 0.470. The van der Waals surface area contributed by atoms with Gasteiger partial charge in [-0.3, -0.25) is 0 Å². The summed E-state index contributed by atoms with van der Waals surface area (Å²) in [6.07, 6.45) is -1.32. The van der Waals surface area contributed by atoms with E-state index in [1.54, 1.807) is 5.38 Å². The second kappa shape index (κ2) is 2.57. The Morgan fingerprint density at radius 3 is 2.90 bits per heavy atom. The minimum Gasteiger partial charge on any atom is -0.449 e. The molecular formula is C5H5NO3S. The molecule has 3 N–H and O–H groups in total. The van der Waals surface area contributed by atoms with Crippen LogP contribution in [0.15, 0.2) is 11.4 Å². The van der Waals surface area contributed by atoms with Crippen LogP contribution in [-0.4, -0.2) is 11.3 Å². The van der Waals surface area contributed by atoms with E-state index in [0.717, 1.165) is 11.3 Å². The van der Waals surface area contributed by atoms with Crippen LogP contribution in [0.3, 0.4) is 0 Å². The summed E-state index contributed by atoms with van der Waals surface area (Å²) in [7, 11) is 0. The summed E-state index contributed by atoms with van der Waals surface area (Å²) in [5, 5.41) is 10.0. The number of nitrogens with two attached hydrogens (primary N) is 1. The van der Waals surface area contributed by atoms with E-state index in [4.69, 9.17) is 10.8 Å². The smallest absolute Gasteiger partial charge is 0.449 e. The third kappa shape index (κ3) is 1.63. The highest BCUT2D eigenvalue weighted by atomic mass is 32.1. The summed E-state index contributed by atoms with van der Waals surface area (Å²) >= 11 is 1.15. The van der Waals surface area contributed by atoms with Crippen molar-refractivity contribution in [2.24, 2.45) is 0 Å². The molecule has 0 saturated heterocycles. The van der Waals surface area contributed by atoms with E-state index in [0.29, 0.717) is 10.8 Å². The fourth-order valence-corrected chi connectivity index (χ4v) is 1.11. The van der Waals surface area contributed by atoms with E-state index in [-0.39, 0.29) is 0 Å². The van der Waals surface area contributed by atoms with E-state index >= 15 is 0 Å². The molecule has 0 bridgehead atoms. The third-order valence-electron chi connectivity index (χ3n) is 0.784. The number of thiophene rings is 1. The van der Waals surface area contributed by atoms with Crippen molar-refractivity contribution < 1.29 is 14.6 Å². The van der Waals surface area contributed by atoms with Crippen LogP contribution in [0.1, 0.15) is 0 Å². The zero-order valence-electron chi connectivity index (χ0n) is 4.90. The molecule has 1 aromatic rings. The molecule has 0 unspecified atom stereocenters. The molecule has 1 heterocycles. The predicted molar refractivity (Wildman–Crippen MR) is 37.4 cm³/mol. The topological polar surface area (TPSA) is 72.5 Å². The van der Waals surface area contributed by atoms with Gasteiger partial charge in [-0.15, -0.1) is 11.3 Å². The van der Waals surface area contributed by atoms with Crippen LogP contribution < -0.4 is 10.5 Å². The van der Waals surface area contributed by atoms with Gasteiger partial charge in [0.05, 0.1) is 0 Å². The number of rotatable bonds is 1. The van der Waals surface area contributed by atoms with Gasteiger partial charge in [-0.25, -0.2) is 4.79 Å². The van der Waals surface area contributed by atoms with Gasteiger partial charge in [0.2, 0.25) is 0 Å². The average molecular weight is 159 g/mol. The molecule has 0 saturated carbocycles. The van der Waals surface area contributed by atoms with E-state index in [1.165, 1.54) is 6.07 Å². The quantitative estimate of drug-likeness (QED) is 0.607. The van der Waals surface area contributed by atoms with Gasteiger partial charge in [-0.1, -0.05) is 0 Å². The summed E-state index contributed by atoms with van der Waals surface area (Å²) in [6.45, 7) is 0. The van der Waals surface area contributed by atoms with Gasteiger partial charge in [0.15, 0.2) is 5.06 Å². The minimum absolute atomic E-state index is 0.296. The Labute approximate surface area is 60.8 Å². The monoisotopic (exact) mass is 159 g/mol. The van der Waals surface area contributed by atoms with Gasteiger partial charge in [-0.2, -0.15) is 0 Å². The lowest BCUT2D eigenvalue weighted by molar-refractivity contribution is 0.146. The summed E-state index contributed by atoms with van der Waals surface area (Å²) in [6, 6.07) is 1.46. The first-order valence-electron chi connectivity index (χ1n) is 2.43. The molecule has 0 fully saturated rings.